The molecule has 0 bridgehead atoms. The molecule has 5 aliphatic rings. The molecule has 4 aromatic heterocycles. The van der Waals surface area contributed by atoms with E-state index in [0.717, 1.165) is 0 Å². The van der Waals surface area contributed by atoms with E-state index in [9.17, 15) is 9.46 Å². The fraction of sp³-hybridized carbons (Fsp3) is 0.583. The van der Waals surface area contributed by atoms with Gasteiger partial charge in [0.25, 0.3) is 7.47 Å². The van der Waals surface area contributed by atoms with Crippen LogP contribution in [0.1, 0.15) is 23.8 Å². The molecule has 9 rings (SSSR count). The van der Waals surface area contributed by atoms with Crippen molar-refractivity contribution in [3.8, 4) is 0 Å². The number of hydrogen-bond acceptors (Lipinski definition) is 18. The number of nitrogens with zero attached hydrogens (tertiary/aromatic N) is 8. The van der Waals surface area contributed by atoms with E-state index < -0.39 is 76.6 Å². The lowest BCUT2D eigenvalue weighted by Crippen LogP contribution is -2.37. The molecule has 264 valence electrons. The molecule has 3 fully saturated rings. The van der Waals surface area contributed by atoms with Gasteiger partial charge in [-0.05, 0) is 11.8 Å². The molecule has 0 amide bonds. The molecular weight excluding hydrogens is 731 g/mol. The van der Waals surface area contributed by atoms with E-state index in [4.69, 9.17) is 56.6 Å². The summed E-state index contributed by atoms with van der Waals surface area (Å²) in [4.78, 5) is 38.6. The predicted octanol–water partition coefficient (Wildman–Crippen LogP) is 1.25. The third-order valence-corrected chi connectivity index (χ3v) is 11.3. The van der Waals surface area contributed by atoms with E-state index in [1.54, 1.807) is 0 Å². The standard InChI is InChI=1S/C24H25BF2N10O10P2S/c25-48(38)42-5-11-18(16(27)24(44-11)37-22-14-10(33-37)2-4-41-35-20(14)29-8-31-22)47-49(39,50)43-6-12-17(46-48)15(26)23(45-12)36-21-13-9(32-36)1-3-40-34-19(13)28-7-30-21/h7-8,11-12,15-18,23-24H,1-6H2,(H,39,50)(H,28,30,34)(H,29,31,35)/t11-,12-,15?,16?,17?,18?,23-,24-,48?,49?/m1/s1. The van der Waals surface area contributed by atoms with Gasteiger partial charge in [0.15, 0.2) is 47.7 Å². The molecule has 2 radical (unpaired) electrons. The number of rotatable bonds is 2. The monoisotopic (exact) mass is 756 g/mol. The van der Waals surface area contributed by atoms with Gasteiger partial charge in [0, 0.05) is 12.8 Å². The van der Waals surface area contributed by atoms with Gasteiger partial charge in [-0.25, -0.2) is 49.0 Å². The van der Waals surface area contributed by atoms with Gasteiger partial charge in [-0.15, -0.1) is 0 Å². The van der Waals surface area contributed by atoms with E-state index in [0.29, 0.717) is 46.6 Å². The van der Waals surface area contributed by atoms with Crippen LogP contribution in [0.3, 0.4) is 0 Å². The lowest BCUT2D eigenvalue weighted by Gasteiger charge is -2.29. The van der Waals surface area contributed by atoms with Gasteiger partial charge >= 0.3 is 6.72 Å². The van der Waals surface area contributed by atoms with Crippen LogP contribution in [0.4, 0.5) is 20.4 Å². The highest BCUT2D eigenvalue weighted by molar-refractivity contribution is 8.07. The summed E-state index contributed by atoms with van der Waals surface area (Å²) in [5.74, 6) is 0.655. The summed E-state index contributed by atoms with van der Waals surface area (Å²) in [5, 5.41) is 9.98. The topological polar surface area (TPSA) is 222 Å². The minimum atomic E-state index is -4.61. The Labute approximate surface area is 285 Å². The van der Waals surface area contributed by atoms with Gasteiger partial charge < -0.3 is 27.9 Å². The van der Waals surface area contributed by atoms with E-state index in [1.807, 2.05) is 0 Å². The van der Waals surface area contributed by atoms with Gasteiger partial charge in [0.1, 0.15) is 37.1 Å². The van der Waals surface area contributed by atoms with E-state index in [1.165, 1.54) is 22.0 Å². The quantitative estimate of drug-likeness (QED) is 0.193. The van der Waals surface area contributed by atoms with Crippen molar-refractivity contribution in [1.82, 2.24) is 39.5 Å². The number of alkyl halides is 2. The summed E-state index contributed by atoms with van der Waals surface area (Å²) >= 11 is 5.24. The summed E-state index contributed by atoms with van der Waals surface area (Å²) in [6.07, 6.45) is -9.97. The zero-order chi connectivity index (χ0) is 34.4. The van der Waals surface area contributed by atoms with Gasteiger partial charge in [-0.3, -0.25) is 18.8 Å². The van der Waals surface area contributed by atoms with Crippen LogP contribution >= 0.6 is 14.2 Å². The average molecular weight is 756 g/mol. The first-order valence-electron chi connectivity index (χ1n) is 15.2. The summed E-state index contributed by atoms with van der Waals surface area (Å²) in [7, 11) is 1.34. The number of nitrogens with one attached hydrogen (secondary N) is 2. The molecule has 10 atom stereocenters. The van der Waals surface area contributed by atoms with Crippen LogP contribution in [0.15, 0.2) is 12.7 Å². The number of fused-ring (bicyclic) bond motifs is 2. The second-order valence-electron chi connectivity index (χ2n) is 11.8. The third kappa shape index (κ3) is 5.62. The Kier molecular flexibility index (Phi) is 8.18. The molecule has 5 aliphatic heterocycles. The lowest BCUT2D eigenvalue weighted by molar-refractivity contribution is -0.0601. The van der Waals surface area contributed by atoms with Gasteiger partial charge in [-0.2, -0.15) is 10.2 Å². The smallest absolute Gasteiger partial charge is 0.325 e. The number of ether oxygens (including phenoxy) is 2. The first-order chi connectivity index (χ1) is 24.1. The van der Waals surface area contributed by atoms with Crippen molar-refractivity contribution in [2.75, 3.05) is 37.4 Å². The summed E-state index contributed by atoms with van der Waals surface area (Å²) in [6.45, 7) is -5.13. The minimum absolute atomic E-state index is 0.215. The summed E-state index contributed by atoms with van der Waals surface area (Å²) in [5.41, 5.74) is 6.88. The van der Waals surface area contributed by atoms with Crippen molar-refractivity contribution in [3.63, 3.8) is 0 Å². The number of anilines is 2. The first-order valence-corrected chi connectivity index (χ1v) is 19.4. The fourth-order valence-electron chi connectivity index (χ4n) is 6.51. The molecule has 26 heteroatoms. The van der Waals surface area contributed by atoms with Crippen LogP contribution in [-0.4, -0.2) is 115 Å². The molecule has 3 saturated heterocycles. The predicted molar refractivity (Wildman–Crippen MR) is 166 cm³/mol. The van der Waals surface area contributed by atoms with Crippen LogP contribution in [0.2, 0.25) is 0 Å². The second-order valence-corrected chi connectivity index (χ2v) is 16.1. The van der Waals surface area contributed by atoms with Crippen molar-refractivity contribution < 1.29 is 55.5 Å². The van der Waals surface area contributed by atoms with Crippen LogP contribution in [-0.2, 0) is 66.5 Å². The van der Waals surface area contributed by atoms with Gasteiger partial charge in [-0.1, -0.05) is 0 Å². The minimum Gasteiger partial charge on any atom is -0.345 e. The maximum absolute atomic E-state index is 16.4. The van der Waals surface area contributed by atoms with Crippen LogP contribution < -0.4 is 11.0 Å². The Morgan fingerprint density at radius 1 is 0.820 bits per heavy atom. The molecule has 0 saturated carbocycles. The molecule has 0 aromatic carbocycles. The van der Waals surface area contributed by atoms with Gasteiger partial charge in [0.05, 0.1) is 48.6 Å². The van der Waals surface area contributed by atoms with Crippen LogP contribution in [0, 0.1) is 0 Å². The Bertz CT molecular complexity index is 1940. The van der Waals surface area contributed by atoms with E-state index >= 15 is 8.78 Å². The normalized spacial score (nSPS) is 37.5. The fourth-order valence-corrected chi connectivity index (χ4v) is 8.96. The van der Waals surface area contributed by atoms with E-state index in [-0.39, 0.29) is 24.5 Å². The van der Waals surface area contributed by atoms with Crippen molar-refractivity contribution in [2.45, 2.75) is 62.1 Å². The van der Waals surface area contributed by atoms with Crippen molar-refractivity contribution in [3.05, 3.63) is 24.0 Å². The largest absolute Gasteiger partial charge is 0.345 e. The van der Waals surface area contributed by atoms with Crippen LogP contribution in [0.25, 0.3) is 22.1 Å². The molecule has 9 heterocycles. The zero-order valence-electron chi connectivity index (χ0n) is 25.4. The highest BCUT2D eigenvalue weighted by atomic mass is 32.5. The highest BCUT2D eigenvalue weighted by Gasteiger charge is 2.54. The van der Waals surface area contributed by atoms with Gasteiger partial charge in [0.2, 0.25) is 7.57 Å². The maximum Gasteiger partial charge on any atom is 0.325 e. The Hall–Kier alpha value is -2.86. The maximum atomic E-state index is 16.4. The number of halogens is 2. The van der Waals surface area contributed by atoms with Crippen molar-refractivity contribution in [2.24, 2.45) is 0 Å². The molecular formula is C24H25BF2N10O10P2S. The lowest BCUT2D eigenvalue weighted by atomic mass is 10.1. The molecule has 0 aliphatic carbocycles. The Morgan fingerprint density at radius 2 is 1.32 bits per heavy atom. The van der Waals surface area contributed by atoms with Crippen molar-refractivity contribution >= 4 is 67.3 Å². The average Bonchev–Trinajstić information content (AvgIpc) is 3.71. The van der Waals surface area contributed by atoms with E-state index in [2.05, 4.69) is 41.1 Å². The highest BCUT2D eigenvalue weighted by Crippen LogP contribution is 2.54. The van der Waals surface area contributed by atoms with Crippen LogP contribution in [0.5, 0.6) is 0 Å². The number of aromatic nitrogens is 8. The second kappa shape index (κ2) is 12.4. The summed E-state index contributed by atoms with van der Waals surface area (Å²) < 4.78 is 82.7. The zero-order valence-corrected chi connectivity index (χ0v) is 28.0. The molecule has 20 nitrogen and oxygen atoms in total. The first kappa shape index (κ1) is 33.0. The summed E-state index contributed by atoms with van der Waals surface area (Å²) in [6, 6.07) is 0. The molecule has 6 unspecified atom stereocenters. The molecule has 0 spiro atoms. The Balaban J connectivity index is 1.00. The molecule has 3 N–H and O–H groups in total. The third-order valence-electron chi connectivity index (χ3n) is 8.70. The molecule has 50 heavy (non-hydrogen) atoms. The Morgan fingerprint density at radius 3 is 1.86 bits per heavy atom. The van der Waals surface area contributed by atoms with Crippen molar-refractivity contribution in [1.29, 1.82) is 0 Å². The SMILES string of the molecule is [B]P1(=O)OC[C@H]2O[C@@H](n3nc4c5c(ncnc53)NOCC4)C(F)C2OP(O)(=S)OC[C@H]2O[C@@H](n3nc4c5c(ncnc53)NOCC4)C(F)C2O1. The molecule has 4 aromatic rings. The number of hydrogen-bond donors (Lipinski definition) is 3.